The quantitative estimate of drug-likeness (QED) is 0.417. The first kappa shape index (κ1) is 22.7. The van der Waals surface area contributed by atoms with Gasteiger partial charge in [-0.3, -0.25) is 4.79 Å². The van der Waals surface area contributed by atoms with Crippen LogP contribution in [0, 0.1) is 0 Å². The molecule has 0 radical (unpaired) electrons. The SMILES string of the molecule is COc1ccc(OC)c(C(C)NC(=O)CSc2nc(C(F)(F)F)nc3ccccc23)c1. The number of fused-ring (bicyclic) bond motifs is 1. The number of hydrogen-bond acceptors (Lipinski definition) is 6. The number of methoxy groups -OCH3 is 2. The Hall–Kier alpha value is -3.01. The van der Waals surface area contributed by atoms with Gasteiger partial charge in [0.2, 0.25) is 11.7 Å². The van der Waals surface area contributed by atoms with Gasteiger partial charge >= 0.3 is 6.18 Å². The summed E-state index contributed by atoms with van der Waals surface area (Å²) in [6, 6.07) is 11.2. The van der Waals surface area contributed by atoms with E-state index in [0.717, 1.165) is 11.8 Å². The summed E-state index contributed by atoms with van der Waals surface area (Å²) in [4.78, 5) is 19.7. The summed E-state index contributed by atoms with van der Waals surface area (Å²) in [5, 5.41) is 3.38. The van der Waals surface area contributed by atoms with Gasteiger partial charge in [-0.2, -0.15) is 13.2 Å². The van der Waals surface area contributed by atoms with Crippen LogP contribution in [0.15, 0.2) is 47.5 Å². The van der Waals surface area contributed by atoms with Crippen molar-refractivity contribution in [2.24, 2.45) is 0 Å². The number of aromatic nitrogens is 2. The highest BCUT2D eigenvalue weighted by Gasteiger charge is 2.35. The molecule has 2 aromatic carbocycles. The molecular formula is C21H20F3N3O3S. The molecule has 3 aromatic rings. The summed E-state index contributed by atoms with van der Waals surface area (Å²) in [6.07, 6.45) is -4.68. The first-order valence-electron chi connectivity index (χ1n) is 9.21. The number of nitrogens with one attached hydrogen (secondary N) is 1. The van der Waals surface area contributed by atoms with E-state index in [0.29, 0.717) is 22.4 Å². The normalized spacial score (nSPS) is 12.5. The molecule has 10 heteroatoms. The van der Waals surface area contributed by atoms with Crippen molar-refractivity contribution in [3.05, 3.63) is 53.9 Å². The lowest BCUT2D eigenvalue weighted by Crippen LogP contribution is -2.28. The second kappa shape index (κ2) is 9.42. The molecule has 1 N–H and O–H groups in total. The Morgan fingerprint density at radius 3 is 2.55 bits per heavy atom. The van der Waals surface area contributed by atoms with Crippen molar-refractivity contribution < 1.29 is 27.4 Å². The number of carbonyl (C=O) groups excluding carboxylic acids is 1. The van der Waals surface area contributed by atoms with Gasteiger partial charge in [-0.25, -0.2) is 9.97 Å². The van der Waals surface area contributed by atoms with Crippen LogP contribution < -0.4 is 14.8 Å². The van der Waals surface area contributed by atoms with E-state index < -0.39 is 18.0 Å². The predicted molar refractivity (Wildman–Crippen MR) is 111 cm³/mol. The fourth-order valence-electron chi connectivity index (χ4n) is 2.96. The molecule has 0 saturated carbocycles. The van der Waals surface area contributed by atoms with E-state index in [2.05, 4.69) is 15.3 Å². The van der Waals surface area contributed by atoms with Gasteiger partial charge in [0, 0.05) is 10.9 Å². The number of halogens is 3. The molecule has 1 unspecified atom stereocenters. The number of thioether (sulfide) groups is 1. The third-order valence-corrected chi connectivity index (χ3v) is 5.43. The smallest absolute Gasteiger partial charge is 0.451 e. The van der Waals surface area contributed by atoms with Crippen LogP contribution in [-0.2, 0) is 11.0 Å². The van der Waals surface area contributed by atoms with Crippen molar-refractivity contribution in [3.63, 3.8) is 0 Å². The summed E-state index contributed by atoms with van der Waals surface area (Å²) in [5.74, 6) is -0.520. The minimum Gasteiger partial charge on any atom is -0.497 e. The third-order valence-electron chi connectivity index (χ3n) is 4.44. The van der Waals surface area contributed by atoms with Crippen LogP contribution in [0.25, 0.3) is 10.9 Å². The molecule has 0 aliphatic heterocycles. The van der Waals surface area contributed by atoms with Crippen LogP contribution in [0.3, 0.4) is 0 Å². The lowest BCUT2D eigenvalue weighted by atomic mass is 10.1. The van der Waals surface area contributed by atoms with E-state index in [-0.39, 0.29) is 22.2 Å². The topological polar surface area (TPSA) is 73.3 Å². The van der Waals surface area contributed by atoms with Gasteiger partial charge in [0.05, 0.1) is 31.5 Å². The van der Waals surface area contributed by atoms with Crippen LogP contribution in [0.5, 0.6) is 11.5 Å². The molecule has 31 heavy (non-hydrogen) atoms. The molecule has 0 aliphatic rings. The molecule has 1 heterocycles. The van der Waals surface area contributed by atoms with Gasteiger partial charge in [0.1, 0.15) is 16.5 Å². The fourth-order valence-corrected chi connectivity index (χ4v) is 3.79. The average Bonchev–Trinajstić information content (AvgIpc) is 2.76. The molecule has 1 amide bonds. The van der Waals surface area contributed by atoms with E-state index >= 15 is 0 Å². The minimum atomic E-state index is -4.68. The predicted octanol–water partition coefficient (Wildman–Crippen LogP) is 4.64. The monoisotopic (exact) mass is 451 g/mol. The standard InChI is InChI=1S/C21H20F3N3O3S/c1-12(15-10-13(29-2)8-9-17(15)30-3)25-18(28)11-31-19-14-6-4-5-7-16(14)26-20(27-19)21(22,23)24/h4-10,12H,11H2,1-3H3,(H,25,28). The highest BCUT2D eigenvalue weighted by Crippen LogP contribution is 2.32. The van der Waals surface area contributed by atoms with Gasteiger partial charge in [0.15, 0.2) is 0 Å². The van der Waals surface area contributed by atoms with Gasteiger partial charge in [-0.05, 0) is 31.2 Å². The highest BCUT2D eigenvalue weighted by molar-refractivity contribution is 8.00. The summed E-state index contributed by atoms with van der Waals surface area (Å²) in [6.45, 7) is 1.78. The number of ether oxygens (including phenoxy) is 2. The molecule has 0 saturated heterocycles. The average molecular weight is 451 g/mol. The number of carbonyl (C=O) groups is 1. The second-order valence-electron chi connectivity index (χ2n) is 6.55. The Labute approximate surface area is 181 Å². The summed E-state index contributed by atoms with van der Waals surface area (Å²) >= 11 is 0.924. The molecule has 0 aliphatic carbocycles. The Kier molecular flexibility index (Phi) is 6.89. The summed E-state index contributed by atoms with van der Waals surface area (Å²) < 4.78 is 50.0. The molecule has 1 aromatic heterocycles. The zero-order valence-corrected chi connectivity index (χ0v) is 17.8. The fraction of sp³-hybridized carbons (Fsp3) is 0.286. The van der Waals surface area contributed by atoms with Crippen LogP contribution in [0.2, 0.25) is 0 Å². The number of benzene rings is 2. The zero-order chi connectivity index (χ0) is 22.6. The Bertz CT molecular complexity index is 1090. The number of hydrogen-bond donors (Lipinski definition) is 1. The van der Waals surface area contributed by atoms with Crippen LogP contribution in [-0.4, -0.2) is 35.8 Å². The van der Waals surface area contributed by atoms with E-state index in [4.69, 9.17) is 9.47 Å². The maximum absolute atomic E-state index is 13.2. The van der Waals surface area contributed by atoms with Crippen LogP contribution >= 0.6 is 11.8 Å². The Morgan fingerprint density at radius 1 is 1.13 bits per heavy atom. The second-order valence-corrected chi connectivity index (χ2v) is 7.52. The van der Waals surface area contributed by atoms with Crippen LogP contribution in [0.4, 0.5) is 13.2 Å². The Balaban J connectivity index is 1.76. The number of amides is 1. The molecule has 164 valence electrons. The van der Waals surface area contributed by atoms with E-state index in [9.17, 15) is 18.0 Å². The number of rotatable bonds is 7. The van der Waals surface area contributed by atoms with Gasteiger partial charge in [0.25, 0.3) is 0 Å². The lowest BCUT2D eigenvalue weighted by molar-refractivity contribution is -0.145. The van der Waals surface area contributed by atoms with Crippen molar-refractivity contribution in [2.75, 3.05) is 20.0 Å². The number of para-hydroxylation sites is 1. The molecule has 0 bridgehead atoms. The van der Waals surface area contributed by atoms with E-state index in [1.54, 1.807) is 43.3 Å². The first-order chi connectivity index (χ1) is 14.7. The summed E-state index contributed by atoms with van der Waals surface area (Å²) in [5.41, 5.74) is 0.884. The van der Waals surface area contributed by atoms with Crippen LogP contribution in [0.1, 0.15) is 24.4 Å². The number of alkyl halides is 3. The molecule has 0 fully saturated rings. The lowest BCUT2D eigenvalue weighted by Gasteiger charge is -2.18. The van der Waals surface area contributed by atoms with Crippen molar-refractivity contribution in [1.82, 2.24) is 15.3 Å². The van der Waals surface area contributed by atoms with Crippen molar-refractivity contribution in [2.45, 2.75) is 24.2 Å². The first-order valence-corrected chi connectivity index (χ1v) is 10.2. The molecule has 1 atom stereocenters. The van der Waals surface area contributed by atoms with Gasteiger partial charge in [-0.1, -0.05) is 30.0 Å². The van der Waals surface area contributed by atoms with Crippen molar-refractivity contribution in [1.29, 1.82) is 0 Å². The van der Waals surface area contributed by atoms with E-state index in [1.807, 2.05) is 0 Å². The van der Waals surface area contributed by atoms with Crippen molar-refractivity contribution >= 4 is 28.6 Å². The molecular weight excluding hydrogens is 431 g/mol. The summed E-state index contributed by atoms with van der Waals surface area (Å²) in [7, 11) is 3.06. The van der Waals surface area contributed by atoms with Gasteiger partial charge < -0.3 is 14.8 Å². The zero-order valence-electron chi connectivity index (χ0n) is 17.0. The van der Waals surface area contributed by atoms with Gasteiger partial charge in [-0.15, -0.1) is 0 Å². The van der Waals surface area contributed by atoms with E-state index in [1.165, 1.54) is 20.3 Å². The third kappa shape index (κ3) is 5.38. The Morgan fingerprint density at radius 2 is 1.87 bits per heavy atom. The molecule has 6 nitrogen and oxygen atoms in total. The highest BCUT2D eigenvalue weighted by atomic mass is 32.2. The largest absolute Gasteiger partial charge is 0.497 e. The maximum Gasteiger partial charge on any atom is 0.451 e. The minimum absolute atomic E-state index is 0.0969. The molecule has 0 spiro atoms. The maximum atomic E-state index is 13.2. The number of nitrogens with zero attached hydrogens (tertiary/aromatic N) is 2. The molecule has 3 rings (SSSR count). The van der Waals surface area contributed by atoms with Crippen molar-refractivity contribution in [3.8, 4) is 11.5 Å².